The first kappa shape index (κ1) is 18.4. The van der Waals surface area contributed by atoms with E-state index in [0.29, 0.717) is 5.91 Å². The first-order valence-electron chi connectivity index (χ1n) is 9.59. The Kier molecular flexibility index (Phi) is 5.33. The Labute approximate surface area is 167 Å². The van der Waals surface area contributed by atoms with Gasteiger partial charge in [-0.15, -0.1) is 11.8 Å². The van der Waals surface area contributed by atoms with Gasteiger partial charge in [-0.3, -0.25) is 9.59 Å². The third-order valence-electron chi connectivity index (χ3n) is 6.05. The van der Waals surface area contributed by atoms with E-state index in [1.807, 2.05) is 40.9 Å². The first-order valence-corrected chi connectivity index (χ1v) is 11.4. The molecule has 1 saturated carbocycles. The van der Waals surface area contributed by atoms with Crippen molar-refractivity contribution in [1.82, 2.24) is 9.80 Å². The third kappa shape index (κ3) is 3.42. The highest BCUT2D eigenvalue weighted by molar-refractivity contribution is 9.10. The molecular weight excluding hydrogens is 412 g/mol. The van der Waals surface area contributed by atoms with Gasteiger partial charge in [-0.05, 0) is 43.9 Å². The van der Waals surface area contributed by atoms with Crippen LogP contribution in [0.4, 0.5) is 0 Å². The highest BCUT2D eigenvalue weighted by Crippen LogP contribution is 2.45. The topological polar surface area (TPSA) is 40.6 Å². The molecule has 0 unspecified atom stereocenters. The Hall–Kier alpha value is -1.01. The Bertz CT molecular complexity index is 697. The number of likely N-dealkylation sites (tertiary alicyclic amines) is 1. The van der Waals surface area contributed by atoms with E-state index in [-0.39, 0.29) is 16.7 Å². The molecule has 4 nitrogen and oxygen atoms in total. The van der Waals surface area contributed by atoms with Crippen LogP contribution in [-0.4, -0.2) is 51.9 Å². The molecule has 3 fully saturated rings. The Morgan fingerprint density at radius 1 is 1.12 bits per heavy atom. The number of carbonyl (C=O) groups is 2. The molecule has 1 aliphatic carbocycles. The maximum atomic E-state index is 13.0. The lowest BCUT2D eigenvalue weighted by atomic mass is 9.98. The van der Waals surface area contributed by atoms with Crippen LogP contribution in [0, 0.1) is 5.92 Å². The van der Waals surface area contributed by atoms with Crippen molar-refractivity contribution in [3.8, 4) is 0 Å². The number of hydrogen-bond acceptors (Lipinski definition) is 3. The summed E-state index contributed by atoms with van der Waals surface area (Å²) in [5, 5.41) is 0. The third-order valence-corrected chi connectivity index (χ3v) is 8.10. The Balaban J connectivity index is 1.43. The molecule has 0 N–H and O–H groups in total. The summed E-state index contributed by atoms with van der Waals surface area (Å²) in [6.07, 6.45) is 6.28. The SMILES string of the molecule is O=C(c1cccc(Br)c1)N1CCC2(CC1)SCCN2C(=O)C1CCCC1. The molecule has 1 spiro atoms. The first-order chi connectivity index (χ1) is 12.6. The molecule has 0 atom stereocenters. The van der Waals surface area contributed by atoms with E-state index in [2.05, 4.69) is 20.8 Å². The van der Waals surface area contributed by atoms with Gasteiger partial charge in [0.15, 0.2) is 0 Å². The smallest absolute Gasteiger partial charge is 0.253 e. The van der Waals surface area contributed by atoms with Crippen LogP contribution in [0.2, 0.25) is 0 Å². The van der Waals surface area contributed by atoms with Crippen LogP contribution >= 0.6 is 27.7 Å². The van der Waals surface area contributed by atoms with Gasteiger partial charge in [0.25, 0.3) is 5.91 Å². The van der Waals surface area contributed by atoms with E-state index in [1.165, 1.54) is 12.8 Å². The summed E-state index contributed by atoms with van der Waals surface area (Å²) in [4.78, 5) is 29.9. The minimum absolute atomic E-state index is 0.0757. The van der Waals surface area contributed by atoms with Crippen molar-refractivity contribution in [3.05, 3.63) is 34.3 Å². The summed E-state index contributed by atoms with van der Waals surface area (Å²) in [5.41, 5.74) is 0.730. The van der Waals surface area contributed by atoms with Crippen LogP contribution in [-0.2, 0) is 4.79 Å². The van der Waals surface area contributed by atoms with Crippen molar-refractivity contribution in [2.45, 2.75) is 43.4 Å². The zero-order valence-corrected chi connectivity index (χ0v) is 17.4. The number of amides is 2. The molecule has 2 saturated heterocycles. The van der Waals surface area contributed by atoms with Crippen LogP contribution in [0.25, 0.3) is 0 Å². The minimum Gasteiger partial charge on any atom is -0.338 e. The number of piperidine rings is 1. The van der Waals surface area contributed by atoms with E-state index < -0.39 is 0 Å². The van der Waals surface area contributed by atoms with Gasteiger partial charge in [-0.2, -0.15) is 0 Å². The lowest BCUT2D eigenvalue weighted by Crippen LogP contribution is -2.54. The summed E-state index contributed by atoms with van der Waals surface area (Å²) < 4.78 is 0.927. The number of halogens is 1. The van der Waals surface area contributed by atoms with Crippen LogP contribution in [0.3, 0.4) is 0 Å². The van der Waals surface area contributed by atoms with Gasteiger partial charge >= 0.3 is 0 Å². The second-order valence-electron chi connectivity index (χ2n) is 7.57. The standard InChI is InChI=1S/C20H25BrN2O2S/c21-17-7-3-6-16(14-17)18(24)22-10-8-20(9-11-22)23(12-13-26-20)19(25)15-4-1-2-5-15/h3,6-7,14-15H,1-2,4-5,8-13H2. The number of nitrogens with zero attached hydrogens (tertiary/aromatic N) is 2. The fraction of sp³-hybridized carbons (Fsp3) is 0.600. The summed E-state index contributed by atoms with van der Waals surface area (Å²) in [6.45, 7) is 2.33. The Morgan fingerprint density at radius 3 is 2.54 bits per heavy atom. The van der Waals surface area contributed by atoms with E-state index in [0.717, 1.165) is 61.1 Å². The lowest BCUT2D eigenvalue weighted by Gasteiger charge is -2.44. The van der Waals surface area contributed by atoms with E-state index in [9.17, 15) is 9.59 Å². The predicted molar refractivity (Wildman–Crippen MR) is 108 cm³/mol. The predicted octanol–water partition coefficient (Wildman–Crippen LogP) is 4.15. The molecule has 1 aromatic carbocycles. The lowest BCUT2D eigenvalue weighted by molar-refractivity contribution is -0.138. The van der Waals surface area contributed by atoms with Crippen molar-refractivity contribution in [2.75, 3.05) is 25.4 Å². The van der Waals surface area contributed by atoms with Gasteiger partial charge < -0.3 is 9.80 Å². The van der Waals surface area contributed by atoms with Crippen molar-refractivity contribution in [1.29, 1.82) is 0 Å². The van der Waals surface area contributed by atoms with Crippen LogP contribution in [0.1, 0.15) is 48.9 Å². The zero-order chi connectivity index (χ0) is 18.1. The average Bonchev–Trinajstić information content (AvgIpc) is 3.32. The minimum atomic E-state index is -0.0757. The maximum Gasteiger partial charge on any atom is 0.253 e. The van der Waals surface area contributed by atoms with Crippen molar-refractivity contribution < 1.29 is 9.59 Å². The molecule has 3 aliphatic rings. The molecule has 0 radical (unpaired) electrons. The van der Waals surface area contributed by atoms with E-state index >= 15 is 0 Å². The highest BCUT2D eigenvalue weighted by atomic mass is 79.9. The number of thioether (sulfide) groups is 1. The molecule has 0 aromatic heterocycles. The summed E-state index contributed by atoms with van der Waals surface area (Å²) >= 11 is 5.37. The molecule has 2 heterocycles. The summed E-state index contributed by atoms with van der Waals surface area (Å²) in [6, 6.07) is 7.59. The summed E-state index contributed by atoms with van der Waals surface area (Å²) in [7, 11) is 0. The molecule has 2 amide bonds. The average molecular weight is 437 g/mol. The Morgan fingerprint density at radius 2 is 1.85 bits per heavy atom. The molecule has 1 aromatic rings. The fourth-order valence-corrected chi connectivity index (χ4v) is 6.45. The number of rotatable bonds is 2. The highest BCUT2D eigenvalue weighted by Gasteiger charge is 2.48. The van der Waals surface area contributed by atoms with Crippen molar-refractivity contribution in [2.24, 2.45) is 5.92 Å². The number of benzene rings is 1. The van der Waals surface area contributed by atoms with Gasteiger partial charge in [-0.1, -0.05) is 34.8 Å². The monoisotopic (exact) mass is 436 g/mol. The van der Waals surface area contributed by atoms with E-state index in [4.69, 9.17) is 0 Å². The second-order valence-corrected chi connectivity index (χ2v) is 9.94. The van der Waals surface area contributed by atoms with Crippen molar-refractivity contribution >= 4 is 39.5 Å². The second kappa shape index (κ2) is 7.55. The van der Waals surface area contributed by atoms with Crippen LogP contribution < -0.4 is 0 Å². The fourth-order valence-electron chi connectivity index (χ4n) is 4.59. The van der Waals surface area contributed by atoms with Gasteiger partial charge in [0.2, 0.25) is 5.91 Å². The largest absolute Gasteiger partial charge is 0.338 e. The number of hydrogen-bond donors (Lipinski definition) is 0. The van der Waals surface area contributed by atoms with Gasteiger partial charge in [0.05, 0.1) is 4.87 Å². The number of carbonyl (C=O) groups excluding carboxylic acids is 2. The van der Waals surface area contributed by atoms with Gasteiger partial charge in [0, 0.05) is 41.3 Å². The molecule has 0 bridgehead atoms. The molecule has 4 rings (SSSR count). The molecule has 6 heteroatoms. The van der Waals surface area contributed by atoms with Crippen LogP contribution in [0.15, 0.2) is 28.7 Å². The molecule has 2 aliphatic heterocycles. The van der Waals surface area contributed by atoms with Crippen molar-refractivity contribution in [3.63, 3.8) is 0 Å². The summed E-state index contributed by atoms with van der Waals surface area (Å²) in [5.74, 6) is 1.74. The van der Waals surface area contributed by atoms with Gasteiger partial charge in [0.1, 0.15) is 0 Å². The van der Waals surface area contributed by atoms with Crippen LogP contribution in [0.5, 0.6) is 0 Å². The maximum absolute atomic E-state index is 13.0. The normalized spacial score (nSPS) is 23.0. The molecular formula is C20H25BrN2O2S. The zero-order valence-electron chi connectivity index (χ0n) is 15.0. The molecule has 140 valence electrons. The van der Waals surface area contributed by atoms with E-state index in [1.54, 1.807) is 0 Å². The molecule has 26 heavy (non-hydrogen) atoms. The van der Waals surface area contributed by atoms with Gasteiger partial charge in [-0.25, -0.2) is 0 Å². The quantitative estimate of drug-likeness (QED) is 0.698.